The van der Waals surface area contributed by atoms with Gasteiger partial charge in [-0.1, -0.05) is 17.7 Å². The van der Waals surface area contributed by atoms with Gasteiger partial charge in [0.1, 0.15) is 11.8 Å². The molecule has 0 radical (unpaired) electrons. The highest BCUT2D eigenvalue weighted by atomic mass is 35.5. The van der Waals surface area contributed by atoms with Crippen molar-refractivity contribution < 1.29 is 0 Å². The first-order valence-electron chi connectivity index (χ1n) is 7.38. The number of aryl methyl sites for hydroxylation is 2. The minimum absolute atomic E-state index is 0.747. The standard InChI is InChI=1S/C18H15ClN4/c1-10-3-4-12(8-13(10)19)23-16-7-11(2)22-14-5-6-15-18(17(14)16)21-9-20-15/h3-9,22-23H,1-2H3. The quantitative estimate of drug-likeness (QED) is 0.538. The van der Waals surface area contributed by atoms with Crippen LogP contribution in [0.4, 0.5) is 11.4 Å². The van der Waals surface area contributed by atoms with Crippen LogP contribution in [0.2, 0.25) is 5.02 Å². The van der Waals surface area contributed by atoms with Crippen molar-refractivity contribution in [1.82, 2.24) is 15.0 Å². The molecule has 2 N–H and O–H groups in total. The van der Waals surface area contributed by atoms with Crippen molar-refractivity contribution in [2.24, 2.45) is 0 Å². The van der Waals surface area contributed by atoms with Gasteiger partial charge in [-0.3, -0.25) is 0 Å². The summed E-state index contributed by atoms with van der Waals surface area (Å²) in [6.45, 7) is 4.03. The second-order valence-electron chi connectivity index (χ2n) is 5.68. The van der Waals surface area contributed by atoms with Crippen LogP contribution in [0.3, 0.4) is 0 Å². The maximum absolute atomic E-state index is 6.24. The van der Waals surface area contributed by atoms with E-state index in [0.29, 0.717) is 0 Å². The number of pyridine rings is 1. The molecule has 4 aromatic rings. The van der Waals surface area contributed by atoms with E-state index in [0.717, 1.165) is 49.6 Å². The molecule has 2 aromatic heterocycles. The van der Waals surface area contributed by atoms with Crippen LogP contribution in [0.15, 0.2) is 42.7 Å². The van der Waals surface area contributed by atoms with Crippen molar-refractivity contribution in [3.8, 4) is 0 Å². The van der Waals surface area contributed by atoms with E-state index in [4.69, 9.17) is 11.6 Å². The van der Waals surface area contributed by atoms with E-state index in [9.17, 15) is 0 Å². The largest absolute Gasteiger partial charge is 0.358 e. The molecule has 2 aromatic carbocycles. The average Bonchev–Trinajstić information content (AvgIpc) is 2.99. The topological polar surface area (TPSA) is 53.6 Å². The van der Waals surface area contributed by atoms with Crippen LogP contribution in [0.1, 0.15) is 11.3 Å². The normalized spacial score (nSPS) is 11.3. The number of nitrogens with one attached hydrogen (secondary N) is 2. The summed E-state index contributed by atoms with van der Waals surface area (Å²) in [7, 11) is 0. The molecule has 0 saturated carbocycles. The fourth-order valence-electron chi connectivity index (χ4n) is 2.80. The summed E-state index contributed by atoms with van der Waals surface area (Å²) in [5.74, 6) is 0. The Bertz CT molecular complexity index is 1040. The predicted molar refractivity (Wildman–Crippen MR) is 95.6 cm³/mol. The van der Waals surface area contributed by atoms with Crippen molar-refractivity contribution in [1.29, 1.82) is 0 Å². The Morgan fingerprint density at radius 3 is 2.74 bits per heavy atom. The highest BCUT2D eigenvalue weighted by Crippen LogP contribution is 2.32. The second kappa shape index (κ2) is 5.25. The van der Waals surface area contributed by atoms with Crippen LogP contribution in [-0.4, -0.2) is 15.0 Å². The Balaban J connectivity index is 1.94. The average molecular weight is 323 g/mol. The van der Waals surface area contributed by atoms with Crippen LogP contribution >= 0.6 is 11.6 Å². The van der Waals surface area contributed by atoms with Crippen LogP contribution in [-0.2, 0) is 0 Å². The van der Waals surface area contributed by atoms with Gasteiger partial charge in [0.15, 0.2) is 0 Å². The van der Waals surface area contributed by atoms with Crippen molar-refractivity contribution in [2.45, 2.75) is 13.8 Å². The molecule has 0 bridgehead atoms. The zero-order valence-electron chi connectivity index (χ0n) is 12.8. The number of nitrogens with zero attached hydrogens (tertiary/aromatic N) is 2. The van der Waals surface area contributed by atoms with Gasteiger partial charge in [0.2, 0.25) is 0 Å². The lowest BCUT2D eigenvalue weighted by molar-refractivity contribution is 1.26. The summed E-state index contributed by atoms with van der Waals surface area (Å²) in [6.07, 6.45) is 1.59. The number of hydrogen-bond donors (Lipinski definition) is 2. The van der Waals surface area contributed by atoms with Crippen molar-refractivity contribution in [3.05, 3.63) is 59.0 Å². The molecule has 114 valence electrons. The lowest BCUT2D eigenvalue weighted by atomic mass is 10.1. The molecule has 0 atom stereocenters. The number of anilines is 2. The van der Waals surface area contributed by atoms with Crippen molar-refractivity contribution in [2.75, 3.05) is 5.32 Å². The zero-order valence-corrected chi connectivity index (χ0v) is 13.6. The number of rotatable bonds is 2. The first-order chi connectivity index (χ1) is 11.1. The number of halogens is 1. The highest BCUT2D eigenvalue weighted by Gasteiger charge is 2.10. The lowest BCUT2D eigenvalue weighted by Gasteiger charge is -2.13. The Morgan fingerprint density at radius 1 is 1.04 bits per heavy atom. The number of hydrogen-bond acceptors (Lipinski definition) is 3. The molecule has 0 unspecified atom stereocenters. The molecule has 0 aliphatic heterocycles. The van der Waals surface area contributed by atoms with Gasteiger partial charge in [-0.25, -0.2) is 9.97 Å². The summed E-state index contributed by atoms with van der Waals surface area (Å²) in [6, 6.07) is 12.1. The molecule has 23 heavy (non-hydrogen) atoms. The number of imidazole rings is 1. The van der Waals surface area contributed by atoms with E-state index < -0.39 is 0 Å². The van der Waals surface area contributed by atoms with Gasteiger partial charge >= 0.3 is 0 Å². The SMILES string of the molecule is Cc1cc(Nc2ccc(C)c(Cl)c2)c2c(ccc3ncnc32)[nH]1. The third-order valence-corrected chi connectivity index (χ3v) is 4.36. The number of fused-ring (bicyclic) bond motifs is 3. The van der Waals surface area contributed by atoms with Gasteiger partial charge in [0.25, 0.3) is 0 Å². The third-order valence-electron chi connectivity index (χ3n) is 3.95. The van der Waals surface area contributed by atoms with Crippen molar-refractivity contribution in [3.63, 3.8) is 0 Å². The van der Waals surface area contributed by atoms with E-state index in [1.165, 1.54) is 0 Å². The molecular formula is C18H15ClN4. The molecule has 2 heterocycles. The van der Waals surface area contributed by atoms with E-state index in [1.54, 1.807) is 6.33 Å². The molecule has 0 saturated heterocycles. The van der Waals surface area contributed by atoms with Crippen molar-refractivity contribution >= 4 is 44.9 Å². The second-order valence-corrected chi connectivity index (χ2v) is 6.09. The van der Waals surface area contributed by atoms with Crippen LogP contribution in [0.25, 0.3) is 21.9 Å². The fraction of sp³-hybridized carbons (Fsp3) is 0.111. The molecule has 0 fully saturated rings. The van der Waals surface area contributed by atoms with Crippen LogP contribution < -0.4 is 5.32 Å². The molecule has 4 nitrogen and oxygen atoms in total. The molecule has 5 heteroatoms. The summed E-state index contributed by atoms with van der Waals surface area (Å²) in [5.41, 5.74) is 6.87. The molecule has 0 aliphatic carbocycles. The van der Waals surface area contributed by atoms with Gasteiger partial charge in [-0.15, -0.1) is 0 Å². The van der Waals surface area contributed by atoms with Crippen LogP contribution in [0, 0.1) is 13.8 Å². The van der Waals surface area contributed by atoms with Gasteiger partial charge in [-0.05, 0) is 49.7 Å². The minimum atomic E-state index is 0.747. The summed E-state index contributed by atoms with van der Waals surface area (Å²) in [5, 5.41) is 5.24. The molecule has 0 spiro atoms. The minimum Gasteiger partial charge on any atom is -0.358 e. The Kier molecular flexibility index (Phi) is 3.20. The molecule has 4 rings (SSSR count). The summed E-state index contributed by atoms with van der Waals surface area (Å²) < 4.78 is 0. The number of aromatic amines is 1. The molecule has 0 amide bonds. The van der Waals surface area contributed by atoms with Gasteiger partial charge in [-0.2, -0.15) is 0 Å². The predicted octanol–water partition coefficient (Wildman–Crippen LogP) is 5.12. The first-order valence-corrected chi connectivity index (χ1v) is 7.76. The Morgan fingerprint density at radius 2 is 1.91 bits per heavy atom. The first kappa shape index (κ1) is 14.0. The maximum Gasteiger partial charge on any atom is 0.116 e. The summed E-state index contributed by atoms with van der Waals surface area (Å²) >= 11 is 6.24. The maximum atomic E-state index is 6.24. The van der Waals surface area contributed by atoms with Gasteiger partial charge in [0.05, 0.1) is 11.2 Å². The summed E-state index contributed by atoms with van der Waals surface area (Å²) in [4.78, 5) is 12.1. The van der Waals surface area contributed by atoms with Crippen LogP contribution in [0.5, 0.6) is 0 Å². The Hall–Kier alpha value is -2.59. The van der Waals surface area contributed by atoms with E-state index >= 15 is 0 Å². The fourth-order valence-corrected chi connectivity index (χ4v) is 2.98. The molecule has 0 aliphatic rings. The highest BCUT2D eigenvalue weighted by molar-refractivity contribution is 6.31. The Labute approximate surface area is 138 Å². The van der Waals surface area contributed by atoms with E-state index in [-0.39, 0.29) is 0 Å². The van der Waals surface area contributed by atoms with Gasteiger partial charge < -0.3 is 10.3 Å². The monoisotopic (exact) mass is 322 g/mol. The number of H-pyrrole nitrogens is 1. The third kappa shape index (κ3) is 2.41. The van der Waals surface area contributed by atoms with E-state index in [1.807, 2.05) is 44.2 Å². The van der Waals surface area contributed by atoms with E-state index in [2.05, 4.69) is 26.3 Å². The smallest absolute Gasteiger partial charge is 0.116 e. The number of aromatic nitrogens is 3. The lowest BCUT2D eigenvalue weighted by Crippen LogP contribution is -1.96. The zero-order chi connectivity index (χ0) is 16.0. The molecular weight excluding hydrogens is 308 g/mol. The van der Waals surface area contributed by atoms with Gasteiger partial charge in [0, 0.05) is 27.3 Å². The number of benzene rings is 2.